The zero-order chi connectivity index (χ0) is 13.5. The minimum absolute atomic E-state index is 0.151. The molecule has 0 aromatic carbocycles. The molecule has 0 spiro atoms. The van der Waals surface area contributed by atoms with Crippen molar-refractivity contribution >= 4 is 11.7 Å². The third kappa shape index (κ3) is 4.55. The molecular formula is C12H16N4O2S. The van der Waals surface area contributed by atoms with Gasteiger partial charge < -0.3 is 15.2 Å². The van der Waals surface area contributed by atoms with Gasteiger partial charge in [0.1, 0.15) is 18.9 Å². The molecule has 102 valence electrons. The standard InChI is InChI=1S/C12H16N4O2S/c1-9(10-2-4-13-5-3-10)14-6-11(17)8-18-12-7-15-19-16-12/h2-5,7,9,11,14,17H,6,8H2,1H3. The molecule has 2 rings (SSSR count). The summed E-state index contributed by atoms with van der Waals surface area (Å²) in [5.41, 5.74) is 1.13. The van der Waals surface area contributed by atoms with Crippen molar-refractivity contribution in [3.63, 3.8) is 0 Å². The summed E-state index contributed by atoms with van der Waals surface area (Å²) >= 11 is 1.08. The molecule has 0 radical (unpaired) electrons. The van der Waals surface area contributed by atoms with Crippen LogP contribution in [0.2, 0.25) is 0 Å². The van der Waals surface area contributed by atoms with Crippen LogP contribution < -0.4 is 10.1 Å². The molecule has 2 unspecified atom stereocenters. The average molecular weight is 280 g/mol. The number of rotatable bonds is 7. The molecule has 0 saturated heterocycles. The van der Waals surface area contributed by atoms with E-state index in [4.69, 9.17) is 4.74 Å². The number of aliphatic hydroxyl groups excluding tert-OH is 1. The molecule has 2 aromatic rings. The molecule has 6 nitrogen and oxygen atoms in total. The lowest BCUT2D eigenvalue weighted by atomic mass is 10.1. The van der Waals surface area contributed by atoms with E-state index in [1.807, 2.05) is 19.1 Å². The molecule has 0 saturated carbocycles. The van der Waals surface area contributed by atoms with E-state index in [0.717, 1.165) is 17.3 Å². The van der Waals surface area contributed by atoms with Crippen LogP contribution >= 0.6 is 11.7 Å². The second-order valence-corrected chi connectivity index (χ2v) is 4.68. The van der Waals surface area contributed by atoms with E-state index in [9.17, 15) is 5.11 Å². The third-order valence-electron chi connectivity index (χ3n) is 2.63. The van der Waals surface area contributed by atoms with Crippen molar-refractivity contribution in [3.05, 3.63) is 36.3 Å². The SMILES string of the molecule is CC(NCC(O)COc1cnsn1)c1ccncc1. The van der Waals surface area contributed by atoms with Crippen LogP contribution in [0.3, 0.4) is 0 Å². The largest absolute Gasteiger partial charge is 0.473 e. The number of nitrogens with one attached hydrogen (secondary N) is 1. The van der Waals surface area contributed by atoms with Crippen LogP contribution in [-0.4, -0.2) is 38.1 Å². The van der Waals surface area contributed by atoms with Gasteiger partial charge in [0.05, 0.1) is 11.7 Å². The van der Waals surface area contributed by atoms with Gasteiger partial charge >= 0.3 is 0 Å². The van der Waals surface area contributed by atoms with Crippen molar-refractivity contribution < 1.29 is 9.84 Å². The van der Waals surface area contributed by atoms with Crippen LogP contribution in [0.1, 0.15) is 18.5 Å². The van der Waals surface area contributed by atoms with E-state index in [1.54, 1.807) is 12.4 Å². The third-order valence-corrected chi connectivity index (χ3v) is 3.09. The number of hydrogen-bond acceptors (Lipinski definition) is 7. The first-order chi connectivity index (χ1) is 9.25. The van der Waals surface area contributed by atoms with Crippen molar-refractivity contribution in [3.8, 4) is 5.88 Å². The topological polar surface area (TPSA) is 80.2 Å². The van der Waals surface area contributed by atoms with Gasteiger partial charge in [0, 0.05) is 25.0 Å². The first-order valence-corrected chi connectivity index (χ1v) is 6.70. The predicted octanol–water partition coefficient (Wildman–Crippen LogP) is 1.02. The maximum absolute atomic E-state index is 9.80. The van der Waals surface area contributed by atoms with E-state index in [0.29, 0.717) is 12.4 Å². The Kier molecular flexibility index (Phi) is 5.20. The number of aliphatic hydroxyl groups is 1. The van der Waals surface area contributed by atoms with E-state index < -0.39 is 6.10 Å². The summed E-state index contributed by atoms with van der Waals surface area (Å²) < 4.78 is 13.0. The molecule has 0 fully saturated rings. The molecule has 0 bridgehead atoms. The number of aromatic nitrogens is 3. The Morgan fingerprint density at radius 2 is 2.21 bits per heavy atom. The van der Waals surface area contributed by atoms with Gasteiger partial charge in [-0.25, -0.2) is 0 Å². The van der Waals surface area contributed by atoms with Crippen LogP contribution in [0.15, 0.2) is 30.7 Å². The molecule has 0 aliphatic rings. The fraction of sp³-hybridized carbons (Fsp3) is 0.417. The maximum atomic E-state index is 9.80. The van der Waals surface area contributed by atoms with Gasteiger partial charge in [-0.3, -0.25) is 4.98 Å². The fourth-order valence-corrected chi connectivity index (χ4v) is 1.91. The molecular weight excluding hydrogens is 264 g/mol. The molecule has 2 N–H and O–H groups in total. The molecule has 2 atom stereocenters. The van der Waals surface area contributed by atoms with E-state index in [-0.39, 0.29) is 12.6 Å². The molecule has 2 aromatic heterocycles. The van der Waals surface area contributed by atoms with E-state index >= 15 is 0 Å². The summed E-state index contributed by atoms with van der Waals surface area (Å²) in [6, 6.07) is 4.04. The van der Waals surface area contributed by atoms with Gasteiger partial charge in [-0.15, -0.1) is 4.37 Å². The molecule has 19 heavy (non-hydrogen) atoms. The summed E-state index contributed by atoms with van der Waals surface area (Å²) in [5, 5.41) is 13.0. The van der Waals surface area contributed by atoms with Crippen LogP contribution in [0.5, 0.6) is 5.88 Å². The Morgan fingerprint density at radius 3 is 2.89 bits per heavy atom. The van der Waals surface area contributed by atoms with Crippen LogP contribution in [-0.2, 0) is 0 Å². The Morgan fingerprint density at radius 1 is 1.42 bits per heavy atom. The van der Waals surface area contributed by atoms with Crippen molar-refractivity contribution in [2.75, 3.05) is 13.2 Å². The highest BCUT2D eigenvalue weighted by molar-refractivity contribution is 6.99. The Hall–Kier alpha value is -1.57. The Balaban J connectivity index is 1.70. The second-order valence-electron chi connectivity index (χ2n) is 4.12. The maximum Gasteiger partial charge on any atom is 0.245 e. The highest BCUT2D eigenvalue weighted by Gasteiger charge is 2.10. The number of nitrogens with zero attached hydrogens (tertiary/aromatic N) is 3. The van der Waals surface area contributed by atoms with Crippen molar-refractivity contribution in [1.82, 2.24) is 19.0 Å². The number of ether oxygens (including phenoxy) is 1. The monoisotopic (exact) mass is 280 g/mol. The van der Waals surface area contributed by atoms with Crippen molar-refractivity contribution in [1.29, 1.82) is 0 Å². The molecule has 2 heterocycles. The normalized spacial score (nSPS) is 14.0. The predicted molar refractivity (Wildman–Crippen MR) is 72.1 cm³/mol. The first kappa shape index (κ1) is 13.9. The fourth-order valence-electron chi connectivity index (χ4n) is 1.54. The summed E-state index contributed by atoms with van der Waals surface area (Å²) in [5.74, 6) is 0.450. The Labute approximate surface area is 115 Å². The van der Waals surface area contributed by atoms with Gasteiger partial charge in [0.15, 0.2) is 0 Å². The number of hydrogen-bond donors (Lipinski definition) is 2. The lowest BCUT2D eigenvalue weighted by Crippen LogP contribution is -2.33. The quantitative estimate of drug-likeness (QED) is 0.788. The summed E-state index contributed by atoms with van der Waals surface area (Å²) in [4.78, 5) is 3.97. The molecule has 0 aliphatic carbocycles. The van der Waals surface area contributed by atoms with E-state index in [1.165, 1.54) is 6.20 Å². The highest BCUT2D eigenvalue weighted by Crippen LogP contribution is 2.10. The van der Waals surface area contributed by atoms with Crippen LogP contribution in [0, 0.1) is 0 Å². The zero-order valence-corrected chi connectivity index (χ0v) is 11.4. The summed E-state index contributed by atoms with van der Waals surface area (Å²) in [6.07, 6.45) is 4.45. The van der Waals surface area contributed by atoms with Gasteiger partial charge in [-0.1, -0.05) is 0 Å². The molecule has 7 heteroatoms. The van der Waals surface area contributed by atoms with E-state index in [2.05, 4.69) is 19.0 Å². The second kappa shape index (κ2) is 7.13. The minimum atomic E-state index is -0.592. The smallest absolute Gasteiger partial charge is 0.245 e. The summed E-state index contributed by atoms with van der Waals surface area (Å²) in [6.45, 7) is 2.68. The van der Waals surface area contributed by atoms with Crippen LogP contribution in [0.4, 0.5) is 0 Å². The molecule has 0 amide bonds. The molecule has 0 aliphatic heterocycles. The Bertz CT molecular complexity index is 466. The highest BCUT2D eigenvalue weighted by atomic mass is 32.1. The lowest BCUT2D eigenvalue weighted by Gasteiger charge is -2.17. The van der Waals surface area contributed by atoms with Gasteiger partial charge in [-0.2, -0.15) is 4.37 Å². The summed E-state index contributed by atoms with van der Waals surface area (Å²) in [7, 11) is 0. The van der Waals surface area contributed by atoms with Crippen molar-refractivity contribution in [2.24, 2.45) is 0 Å². The van der Waals surface area contributed by atoms with Gasteiger partial charge in [0.25, 0.3) is 0 Å². The number of pyridine rings is 1. The van der Waals surface area contributed by atoms with Crippen LogP contribution in [0.25, 0.3) is 0 Å². The van der Waals surface area contributed by atoms with Crippen molar-refractivity contribution in [2.45, 2.75) is 19.1 Å². The zero-order valence-electron chi connectivity index (χ0n) is 10.6. The van der Waals surface area contributed by atoms with Gasteiger partial charge in [0.2, 0.25) is 5.88 Å². The average Bonchev–Trinajstić information content (AvgIpc) is 2.96. The minimum Gasteiger partial charge on any atom is -0.473 e. The first-order valence-electron chi connectivity index (χ1n) is 5.97. The van der Waals surface area contributed by atoms with Gasteiger partial charge in [-0.05, 0) is 24.6 Å². The lowest BCUT2D eigenvalue weighted by molar-refractivity contribution is 0.102.